The molecule has 0 saturated heterocycles. The van der Waals surface area contributed by atoms with E-state index >= 15 is 0 Å². The van der Waals surface area contributed by atoms with Crippen molar-refractivity contribution in [3.8, 4) is 0 Å². The van der Waals surface area contributed by atoms with Crippen molar-refractivity contribution in [1.82, 2.24) is 50.6 Å². The first-order valence-electron chi connectivity index (χ1n) is 8.73. The Hall–Kier alpha value is -3.70. The summed E-state index contributed by atoms with van der Waals surface area (Å²) >= 11 is 0. The summed E-state index contributed by atoms with van der Waals surface area (Å²) in [7, 11) is 0. The molecule has 1 aliphatic heterocycles. The third-order valence-corrected chi connectivity index (χ3v) is 4.60. The molecule has 0 bridgehead atoms. The van der Waals surface area contributed by atoms with Crippen molar-refractivity contribution in [2.75, 3.05) is 6.54 Å². The van der Waals surface area contributed by atoms with Gasteiger partial charge in [-0.3, -0.25) is 9.59 Å². The number of nitrogens with zero attached hydrogens (tertiary/aromatic N) is 9. The van der Waals surface area contributed by atoms with Gasteiger partial charge < -0.3 is 10.2 Å². The minimum atomic E-state index is -0.223. The van der Waals surface area contributed by atoms with Gasteiger partial charge in [-0.2, -0.15) is 0 Å². The SMILES string of the molecule is O=C(Cn1cnnn1)NC[C@@H]1Cc2ccccc2CN1C(=O)Cn1cnnn1. The summed E-state index contributed by atoms with van der Waals surface area (Å²) in [5, 5.41) is 24.4. The summed E-state index contributed by atoms with van der Waals surface area (Å²) in [6, 6.07) is 7.83. The number of benzene rings is 1. The van der Waals surface area contributed by atoms with Gasteiger partial charge in [-0.05, 0) is 38.4 Å². The van der Waals surface area contributed by atoms with Crippen molar-refractivity contribution >= 4 is 11.8 Å². The van der Waals surface area contributed by atoms with Crippen molar-refractivity contribution in [1.29, 1.82) is 0 Å². The molecular weight excluding hydrogens is 364 g/mol. The van der Waals surface area contributed by atoms with Gasteiger partial charge in [0.15, 0.2) is 0 Å². The minimum absolute atomic E-state index is 0.0227. The standard InChI is InChI=1S/C16H18N10O2/c27-15(8-24-10-18-20-22-24)17-6-14-5-12-3-1-2-4-13(12)7-26(14)16(28)9-25-11-19-21-23-25/h1-4,10-11,14H,5-9H2,(H,17,27)/t14-/m0/s1. The van der Waals surface area contributed by atoms with Crippen molar-refractivity contribution < 1.29 is 9.59 Å². The van der Waals surface area contributed by atoms with Crippen LogP contribution in [0, 0.1) is 0 Å². The van der Waals surface area contributed by atoms with Crippen LogP contribution in [0.2, 0.25) is 0 Å². The Morgan fingerprint density at radius 3 is 2.36 bits per heavy atom. The molecule has 2 aromatic heterocycles. The Morgan fingerprint density at radius 1 is 1.00 bits per heavy atom. The van der Waals surface area contributed by atoms with Crippen LogP contribution in [0.5, 0.6) is 0 Å². The third-order valence-electron chi connectivity index (χ3n) is 4.60. The Morgan fingerprint density at radius 2 is 1.68 bits per heavy atom. The fourth-order valence-electron chi connectivity index (χ4n) is 3.23. The van der Waals surface area contributed by atoms with Crippen LogP contribution in [-0.2, 0) is 35.6 Å². The molecule has 1 N–H and O–H groups in total. The summed E-state index contributed by atoms with van der Waals surface area (Å²) in [6.07, 6.45) is 3.43. The highest BCUT2D eigenvalue weighted by Crippen LogP contribution is 2.23. The van der Waals surface area contributed by atoms with E-state index in [1.165, 1.54) is 27.6 Å². The van der Waals surface area contributed by atoms with Gasteiger partial charge in [0, 0.05) is 13.1 Å². The van der Waals surface area contributed by atoms with Gasteiger partial charge in [0.05, 0.1) is 6.04 Å². The maximum atomic E-state index is 12.9. The van der Waals surface area contributed by atoms with Crippen LogP contribution < -0.4 is 5.32 Å². The summed E-state index contributed by atoms with van der Waals surface area (Å²) in [4.78, 5) is 26.8. The van der Waals surface area contributed by atoms with E-state index in [2.05, 4.69) is 36.4 Å². The molecule has 3 heterocycles. The summed E-state index contributed by atoms with van der Waals surface area (Å²) in [5.74, 6) is -0.333. The van der Waals surface area contributed by atoms with E-state index in [-0.39, 0.29) is 30.9 Å². The van der Waals surface area contributed by atoms with Crippen LogP contribution in [0.25, 0.3) is 0 Å². The lowest BCUT2D eigenvalue weighted by molar-refractivity contribution is -0.136. The molecule has 4 rings (SSSR count). The molecule has 12 nitrogen and oxygen atoms in total. The molecule has 3 aromatic rings. The molecule has 28 heavy (non-hydrogen) atoms. The Balaban J connectivity index is 1.45. The van der Waals surface area contributed by atoms with Crippen molar-refractivity contribution in [3.05, 3.63) is 48.0 Å². The number of hydrogen-bond donors (Lipinski definition) is 1. The molecule has 12 heteroatoms. The molecule has 1 aliphatic rings. The quantitative estimate of drug-likeness (QED) is 0.540. The van der Waals surface area contributed by atoms with Gasteiger partial charge >= 0.3 is 0 Å². The maximum absolute atomic E-state index is 12.9. The molecular formula is C16H18N10O2. The number of nitrogens with one attached hydrogen (secondary N) is 1. The zero-order valence-corrected chi connectivity index (χ0v) is 14.9. The fraction of sp³-hybridized carbons (Fsp3) is 0.375. The van der Waals surface area contributed by atoms with Crippen LogP contribution in [-0.4, -0.2) is 69.7 Å². The van der Waals surface area contributed by atoms with Crippen LogP contribution in [0.1, 0.15) is 11.1 Å². The van der Waals surface area contributed by atoms with E-state index in [0.29, 0.717) is 19.5 Å². The highest BCUT2D eigenvalue weighted by atomic mass is 16.2. The fourth-order valence-corrected chi connectivity index (χ4v) is 3.23. The number of hydrogen-bond acceptors (Lipinski definition) is 8. The average Bonchev–Trinajstić information content (AvgIpc) is 3.40. The first-order chi connectivity index (χ1) is 13.7. The largest absolute Gasteiger partial charge is 0.352 e. The Kier molecular flexibility index (Phi) is 4.99. The number of carbonyl (C=O) groups excluding carboxylic acids is 2. The van der Waals surface area contributed by atoms with E-state index in [0.717, 1.165) is 5.56 Å². The molecule has 144 valence electrons. The first kappa shape index (κ1) is 17.7. The molecule has 0 spiro atoms. The lowest BCUT2D eigenvalue weighted by Gasteiger charge is -2.37. The molecule has 0 aliphatic carbocycles. The second-order valence-electron chi connectivity index (χ2n) is 6.47. The number of fused-ring (bicyclic) bond motifs is 1. The van der Waals surface area contributed by atoms with E-state index < -0.39 is 0 Å². The van der Waals surface area contributed by atoms with Crippen molar-refractivity contribution in [2.45, 2.75) is 32.1 Å². The number of carbonyl (C=O) groups is 2. The highest BCUT2D eigenvalue weighted by molar-refractivity contribution is 5.77. The second kappa shape index (κ2) is 7.90. The van der Waals surface area contributed by atoms with Gasteiger partial charge in [-0.1, -0.05) is 24.3 Å². The van der Waals surface area contributed by atoms with Gasteiger partial charge in [0.1, 0.15) is 25.7 Å². The first-order valence-corrected chi connectivity index (χ1v) is 8.73. The monoisotopic (exact) mass is 382 g/mol. The molecule has 0 saturated carbocycles. The van der Waals surface area contributed by atoms with Crippen LogP contribution in [0.4, 0.5) is 0 Å². The maximum Gasteiger partial charge on any atom is 0.245 e. The molecule has 0 unspecified atom stereocenters. The molecule has 0 fully saturated rings. The average molecular weight is 382 g/mol. The summed E-state index contributed by atoms with van der Waals surface area (Å²) < 4.78 is 2.72. The van der Waals surface area contributed by atoms with E-state index in [4.69, 9.17) is 0 Å². The second-order valence-corrected chi connectivity index (χ2v) is 6.47. The molecule has 2 amide bonds. The number of amides is 2. The topological polar surface area (TPSA) is 137 Å². The van der Waals surface area contributed by atoms with Crippen molar-refractivity contribution in [3.63, 3.8) is 0 Å². The minimum Gasteiger partial charge on any atom is -0.352 e. The van der Waals surface area contributed by atoms with E-state index in [1.54, 1.807) is 4.90 Å². The van der Waals surface area contributed by atoms with E-state index in [1.807, 2.05) is 24.3 Å². The van der Waals surface area contributed by atoms with Gasteiger partial charge in [0.2, 0.25) is 11.8 Å². The van der Waals surface area contributed by atoms with E-state index in [9.17, 15) is 9.59 Å². The van der Waals surface area contributed by atoms with Gasteiger partial charge in [0.25, 0.3) is 0 Å². The van der Waals surface area contributed by atoms with Crippen LogP contribution in [0.3, 0.4) is 0 Å². The van der Waals surface area contributed by atoms with Crippen LogP contribution >= 0.6 is 0 Å². The zero-order chi connectivity index (χ0) is 19.3. The number of rotatable bonds is 6. The highest BCUT2D eigenvalue weighted by Gasteiger charge is 2.30. The lowest BCUT2D eigenvalue weighted by atomic mass is 9.93. The normalized spacial score (nSPS) is 15.9. The predicted octanol–water partition coefficient (Wildman–Crippen LogP) is -1.57. The van der Waals surface area contributed by atoms with Gasteiger partial charge in [-0.15, -0.1) is 10.2 Å². The predicted molar refractivity (Wildman–Crippen MR) is 93.1 cm³/mol. The number of tetrazole rings is 2. The Labute approximate surface area is 159 Å². The molecule has 0 radical (unpaired) electrons. The summed E-state index contributed by atoms with van der Waals surface area (Å²) in [6.45, 7) is 0.875. The molecule has 1 atom stereocenters. The summed E-state index contributed by atoms with van der Waals surface area (Å²) in [5.41, 5.74) is 2.28. The smallest absolute Gasteiger partial charge is 0.245 e. The van der Waals surface area contributed by atoms with Crippen LogP contribution in [0.15, 0.2) is 36.9 Å². The van der Waals surface area contributed by atoms with Crippen molar-refractivity contribution in [2.24, 2.45) is 0 Å². The lowest BCUT2D eigenvalue weighted by Crippen LogP contribution is -2.51. The number of aromatic nitrogens is 8. The third kappa shape index (κ3) is 4.00. The van der Waals surface area contributed by atoms with Gasteiger partial charge in [-0.25, -0.2) is 9.36 Å². The Bertz CT molecular complexity index is 940. The zero-order valence-electron chi connectivity index (χ0n) is 14.9. The molecule has 1 aromatic carbocycles.